The van der Waals surface area contributed by atoms with E-state index in [9.17, 15) is 8.42 Å². The largest absolute Gasteiger partial charge is 0.497 e. The monoisotopic (exact) mass is 290 g/mol. The van der Waals surface area contributed by atoms with E-state index in [2.05, 4.69) is 4.99 Å². The third-order valence-corrected chi connectivity index (χ3v) is 3.57. The molecule has 2 N–H and O–H groups in total. The van der Waals surface area contributed by atoms with E-state index in [-0.39, 0.29) is 4.90 Å². The van der Waals surface area contributed by atoms with Crippen LogP contribution in [0.25, 0.3) is 0 Å². The first-order valence-electron chi connectivity index (χ1n) is 5.80. The Hall–Kier alpha value is -2.18. The van der Waals surface area contributed by atoms with E-state index in [0.717, 1.165) is 11.3 Å². The Kier molecular flexibility index (Phi) is 4.16. The first-order valence-corrected chi connectivity index (χ1v) is 7.35. The molecule has 0 radical (unpaired) electrons. The van der Waals surface area contributed by atoms with Gasteiger partial charge in [0.1, 0.15) is 5.75 Å². The maximum Gasteiger partial charge on any atom is 0.238 e. The van der Waals surface area contributed by atoms with Crippen LogP contribution in [0.4, 0.5) is 5.69 Å². The number of benzene rings is 2. The second-order valence-electron chi connectivity index (χ2n) is 4.07. The van der Waals surface area contributed by atoms with Gasteiger partial charge >= 0.3 is 0 Å². The van der Waals surface area contributed by atoms with Crippen LogP contribution in [-0.4, -0.2) is 21.7 Å². The van der Waals surface area contributed by atoms with E-state index in [1.165, 1.54) is 12.1 Å². The summed E-state index contributed by atoms with van der Waals surface area (Å²) in [6.45, 7) is 0. The molecule has 2 aromatic rings. The van der Waals surface area contributed by atoms with Gasteiger partial charge in [-0.3, -0.25) is 4.99 Å². The van der Waals surface area contributed by atoms with Crippen molar-refractivity contribution in [2.75, 3.05) is 7.11 Å². The molecule has 20 heavy (non-hydrogen) atoms. The van der Waals surface area contributed by atoms with Crippen LogP contribution in [0, 0.1) is 0 Å². The minimum absolute atomic E-state index is 0.0703. The Morgan fingerprint density at radius 2 is 1.65 bits per heavy atom. The Labute approximate surface area is 117 Å². The summed E-state index contributed by atoms with van der Waals surface area (Å²) < 4.78 is 27.3. The summed E-state index contributed by atoms with van der Waals surface area (Å²) in [5.74, 6) is 0.777. The number of hydrogen-bond donors (Lipinski definition) is 1. The number of methoxy groups -OCH3 is 1. The van der Waals surface area contributed by atoms with Crippen LogP contribution in [0.15, 0.2) is 58.4 Å². The zero-order valence-electron chi connectivity index (χ0n) is 10.9. The Balaban J connectivity index is 2.14. The van der Waals surface area contributed by atoms with Crippen LogP contribution in [0.3, 0.4) is 0 Å². The second kappa shape index (κ2) is 5.85. The third-order valence-electron chi connectivity index (χ3n) is 2.64. The van der Waals surface area contributed by atoms with Crippen molar-refractivity contribution in [3.05, 3.63) is 54.1 Å². The SMILES string of the molecule is COc1ccc(C=Nc2ccc(S(N)(=O)=O)cc2)cc1. The first kappa shape index (κ1) is 14.2. The predicted octanol–water partition coefficient (Wildman–Crippen LogP) is 2.09. The number of ether oxygens (including phenoxy) is 1. The minimum atomic E-state index is -3.66. The van der Waals surface area contributed by atoms with Crippen molar-refractivity contribution in [1.29, 1.82) is 0 Å². The maximum atomic E-state index is 11.1. The normalized spacial score (nSPS) is 11.7. The highest BCUT2D eigenvalue weighted by atomic mass is 32.2. The minimum Gasteiger partial charge on any atom is -0.497 e. The van der Waals surface area contributed by atoms with Crippen LogP contribution in [0.5, 0.6) is 5.75 Å². The van der Waals surface area contributed by atoms with Gasteiger partial charge in [-0.15, -0.1) is 0 Å². The molecule has 0 heterocycles. The molecule has 0 spiro atoms. The zero-order chi connectivity index (χ0) is 14.6. The molecular formula is C14H14N2O3S. The lowest BCUT2D eigenvalue weighted by molar-refractivity contribution is 0.415. The predicted molar refractivity (Wildman–Crippen MR) is 78.1 cm³/mol. The average Bonchev–Trinajstić information content (AvgIpc) is 2.45. The lowest BCUT2D eigenvalue weighted by Gasteiger charge is -2.00. The van der Waals surface area contributed by atoms with Crippen LogP contribution >= 0.6 is 0 Å². The molecule has 0 aliphatic heterocycles. The molecule has 0 aliphatic rings. The van der Waals surface area contributed by atoms with E-state index in [0.29, 0.717) is 5.69 Å². The van der Waals surface area contributed by atoms with Gasteiger partial charge in [0.25, 0.3) is 0 Å². The molecule has 0 bridgehead atoms. The van der Waals surface area contributed by atoms with E-state index in [4.69, 9.17) is 9.88 Å². The second-order valence-corrected chi connectivity index (χ2v) is 5.63. The fourth-order valence-electron chi connectivity index (χ4n) is 1.56. The van der Waals surface area contributed by atoms with E-state index in [1.54, 1.807) is 25.5 Å². The topological polar surface area (TPSA) is 81.8 Å². The molecule has 0 atom stereocenters. The van der Waals surface area contributed by atoms with Gasteiger partial charge in [0.2, 0.25) is 10.0 Å². The molecule has 0 aliphatic carbocycles. The van der Waals surface area contributed by atoms with Crippen molar-refractivity contribution < 1.29 is 13.2 Å². The molecular weight excluding hydrogens is 276 g/mol. The highest BCUT2D eigenvalue weighted by Crippen LogP contribution is 2.16. The number of nitrogens with zero attached hydrogens (tertiary/aromatic N) is 1. The molecule has 0 fully saturated rings. The molecule has 104 valence electrons. The summed E-state index contributed by atoms with van der Waals surface area (Å²) in [5.41, 5.74) is 1.56. The molecule has 0 saturated heterocycles. The lowest BCUT2D eigenvalue weighted by atomic mass is 10.2. The summed E-state index contributed by atoms with van der Waals surface area (Å²) in [6, 6.07) is 13.5. The van der Waals surface area contributed by atoms with Gasteiger partial charge < -0.3 is 4.74 Å². The standard InChI is InChI=1S/C14H14N2O3S/c1-19-13-6-2-11(3-7-13)10-16-12-4-8-14(9-5-12)20(15,17)18/h2-10H,1H3,(H2,15,17,18). The summed E-state index contributed by atoms with van der Waals surface area (Å²) in [6.07, 6.45) is 1.69. The van der Waals surface area contributed by atoms with Crippen LogP contribution in [0.1, 0.15) is 5.56 Å². The van der Waals surface area contributed by atoms with Crippen molar-refractivity contribution in [3.63, 3.8) is 0 Å². The summed E-state index contributed by atoms with van der Waals surface area (Å²) in [5, 5.41) is 5.02. The van der Waals surface area contributed by atoms with Gasteiger partial charge in [-0.05, 0) is 54.1 Å². The fraction of sp³-hybridized carbons (Fsp3) is 0.0714. The van der Waals surface area contributed by atoms with E-state index in [1.807, 2.05) is 24.3 Å². The number of nitrogens with two attached hydrogens (primary N) is 1. The number of primary sulfonamides is 1. The number of rotatable bonds is 4. The average molecular weight is 290 g/mol. The van der Waals surface area contributed by atoms with Crippen molar-refractivity contribution >= 4 is 21.9 Å². The van der Waals surface area contributed by atoms with Gasteiger partial charge in [0.15, 0.2) is 0 Å². The van der Waals surface area contributed by atoms with Gasteiger partial charge in [0, 0.05) is 6.21 Å². The Morgan fingerprint density at radius 3 is 2.15 bits per heavy atom. The van der Waals surface area contributed by atoms with Crippen LogP contribution in [-0.2, 0) is 10.0 Å². The van der Waals surface area contributed by atoms with Gasteiger partial charge in [0.05, 0.1) is 17.7 Å². The molecule has 0 amide bonds. The highest BCUT2D eigenvalue weighted by Gasteiger charge is 2.05. The molecule has 5 nitrogen and oxygen atoms in total. The van der Waals surface area contributed by atoms with Crippen molar-refractivity contribution in [2.45, 2.75) is 4.90 Å². The van der Waals surface area contributed by atoms with Crippen LogP contribution in [0.2, 0.25) is 0 Å². The molecule has 0 saturated carbocycles. The van der Waals surface area contributed by atoms with E-state index >= 15 is 0 Å². The Bertz CT molecular complexity index is 705. The Morgan fingerprint density at radius 1 is 1.05 bits per heavy atom. The number of aliphatic imine (C=N–C) groups is 1. The zero-order valence-corrected chi connectivity index (χ0v) is 11.7. The maximum absolute atomic E-state index is 11.1. The molecule has 0 unspecified atom stereocenters. The summed E-state index contributed by atoms with van der Waals surface area (Å²) >= 11 is 0. The molecule has 6 heteroatoms. The molecule has 2 rings (SSSR count). The van der Waals surface area contributed by atoms with Crippen molar-refractivity contribution in [1.82, 2.24) is 0 Å². The van der Waals surface area contributed by atoms with Gasteiger partial charge in [-0.2, -0.15) is 0 Å². The fourth-order valence-corrected chi connectivity index (χ4v) is 2.08. The van der Waals surface area contributed by atoms with E-state index < -0.39 is 10.0 Å². The number of sulfonamides is 1. The van der Waals surface area contributed by atoms with Crippen molar-refractivity contribution in [3.8, 4) is 5.75 Å². The summed E-state index contributed by atoms with van der Waals surface area (Å²) in [4.78, 5) is 4.32. The smallest absolute Gasteiger partial charge is 0.238 e. The molecule has 0 aromatic heterocycles. The van der Waals surface area contributed by atoms with Crippen molar-refractivity contribution in [2.24, 2.45) is 10.1 Å². The van der Waals surface area contributed by atoms with Crippen LogP contribution < -0.4 is 9.88 Å². The molecule has 2 aromatic carbocycles. The van der Waals surface area contributed by atoms with Gasteiger partial charge in [-0.25, -0.2) is 13.6 Å². The third kappa shape index (κ3) is 3.66. The highest BCUT2D eigenvalue weighted by molar-refractivity contribution is 7.89. The number of hydrogen-bond acceptors (Lipinski definition) is 4. The lowest BCUT2D eigenvalue weighted by Crippen LogP contribution is -2.11. The van der Waals surface area contributed by atoms with Gasteiger partial charge in [-0.1, -0.05) is 0 Å². The quantitative estimate of drug-likeness (QED) is 0.875. The first-order chi connectivity index (χ1) is 9.49. The summed E-state index contributed by atoms with van der Waals surface area (Å²) in [7, 11) is -2.05.